The molecule has 2 aromatic rings. The summed E-state index contributed by atoms with van der Waals surface area (Å²) in [4.78, 5) is 11.8. The van der Waals surface area contributed by atoms with Crippen LogP contribution in [0, 0.1) is 5.92 Å². The van der Waals surface area contributed by atoms with E-state index in [9.17, 15) is 0 Å². The average molecular weight is 441 g/mol. The molecule has 2 aromatic heterocycles. The second-order valence-corrected chi connectivity index (χ2v) is 6.35. The highest BCUT2D eigenvalue weighted by atomic mass is 127. The Balaban J connectivity index is 0.00000208. The Hall–Kier alpha value is -1.31. The normalized spacial score (nSPS) is 16.2. The summed E-state index contributed by atoms with van der Waals surface area (Å²) in [6.45, 7) is 8.38. The number of piperidine rings is 1. The van der Waals surface area contributed by atoms with E-state index in [2.05, 4.69) is 39.6 Å². The van der Waals surface area contributed by atoms with Gasteiger partial charge in [0.05, 0.1) is 5.69 Å². The number of aliphatic imine (C=N–C) groups is 1. The van der Waals surface area contributed by atoms with Gasteiger partial charge < -0.3 is 14.6 Å². The molecule has 0 amide bonds. The molecule has 6 heteroatoms. The topological polar surface area (TPSA) is 44.9 Å². The molecule has 0 aliphatic carbocycles. The molecule has 132 valence electrons. The molecular formula is C18H28IN5. The fourth-order valence-corrected chi connectivity index (χ4v) is 3.03. The minimum Gasteiger partial charge on any atom is -0.357 e. The van der Waals surface area contributed by atoms with Crippen LogP contribution < -0.4 is 5.32 Å². The molecule has 1 fully saturated rings. The minimum atomic E-state index is 0. The first-order chi connectivity index (χ1) is 11.3. The molecular weight excluding hydrogens is 413 g/mol. The fraction of sp³-hybridized carbons (Fsp3) is 0.556. The van der Waals surface area contributed by atoms with Crippen LogP contribution in [0.3, 0.4) is 0 Å². The quantitative estimate of drug-likeness (QED) is 0.451. The molecule has 0 bridgehead atoms. The number of hydrogen-bond acceptors (Lipinski definition) is 2. The van der Waals surface area contributed by atoms with Crippen molar-refractivity contribution in [1.82, 2.24) is 19.6 Å². The van der Waals surface area contributed by atoms with Gasteiger partial charge in [0.25, 0.3) is 0 Å². The number of aromatic nitrogens is 2. The zero-order chi connectivity index (χ0) is 16.1. The second kappa shape index (κ2) is 9.25. The van der Waals surface area contributed by atoms with E-state index in [1.807, 2.05) is 24.4 Å². The Morgan fingerprint density at radius 3 is 2.83 bits per heavy atom. The summed E-state index contributed by atoms with van der Waals surface area (Å²) in [5, 5.41) is 3.43. The summed E-state index contributed by atoms with van der Waals surface area (Å²) in [7, 11) is 0. The molecule has 1 aliphatic rings. The van der Waals surface area contributed by atoms with Crippen LogP contribution in [0.5, 0.6) is 0 Å². The van der Waals surface area contributed by atoms with Crippen molar-refractivity contribution in [3.05, 3.63) is 36.3 Å². The number of nitrogens with zero attached hydrogens (tertiary/aromatic N) is 4. The molecule has 0 unspecified atom stereocenters. The van der Waals surface area contributed by atoms with Crippen molar-refractivity contribution in [3.63, 3.8) is 0 Å². The monoisotopic (exact) mass is 441 g/mol. The van der Waals surface area contributed by atoms with Gasteiger partial charge in [-0.3, -0.25) is 4.99 Å². The van der Waals surface area contributed by atoms with Crippen LogP contribution >= 0.6 is 24.0 Å². The number of imidazole rings is 1. The molecule has 5 nitrogen and oxygen atoms in total. The molecule has 3 rings (SSSR count). The van der Waals surface area contributed by atoms with Gasteiger partial charge in [-0.25, -0.2) is 4.98 Å². The third-order valence-corrected chi connectivity index (χ3v) is 4.46. The lowest BCUT2D eigenvalue weighted by Gasteiger charge is -2.33. The van der Waals surface area contributed by atoms with Crippen molar-refractivity contribution in [1.29, 1.82) is 0 Å². The maximum absolute atomic E-state index is 4.81. The standard InChI is InChI=1S/C18H27N5.HI/c1-3-19-18(22-12-8-15(2)9-13-22)20-10-7-16-14-23-11-5-4-6-17(23)21-16;/h4-6,11,14-15H,3,7-10,12-13H2,1-2H3,(H,19,20);1H. The van der Waals surface area contributed by atoms with Crippen LogP contribution in [0.2, 0.25) is 0 Å². The summed E-state index contributed by atoms with van der Waals surface area (Å²) < 4.78 is 2.07. The highest BCUT2D eigenvalue weighted by Crippen LogP contribution is 2.16. The van der Waals surface area contributed by atoms with Gasteiger partial charge in [0.2, 0.25) is 0 Å². The third kappa shape index (κ3) is 4.84. The number of nitrogens with one attached hydrogen (secondary N) is 1. The molecule has 0 spiro atoms. The largest absolute Gasteiger partial charge is 0.357 e. The Morgan fingerprint density at radius 1 is 1.33 bits per heavy atom. The third-order valence-electron chi connectivity index (χ3n) is 4.46. The number of guanidine groups is 1. The van der Waals surface area contributed by atoms with E-state index in [1.54, 1.807) is 0 Å². The summed E-state index contributed by atoms with van der Waals surface area (Å²) >= 11 is 0. The minimum absolute atomic E-state index is 0. The summed E-state index contributed by atoms with van der Waals surface area (Å²) in [5.41, 5.74) is 2.10. The Bertz CT molecular complexity index is 625. The van der Waals surface area contributed by atoms with Gasteiger partial charge in [-0.05, 0) is 37.8 Å². The summed E-state index contributed by atoms with van der Waals surface area (Å²) in [5.74, 6) is 1.90. The van der Waals surface area contributed by atoms with E-state index in [1.165, 1.54) is 12.8 Å². The van der Waals surface area contributed by atoms with Gasteiger partial charge in [-0.15, -0.1) is 24.0 Å². The van der Waals surface area contributed by atoms with E-state index < -0.39 is 0 Å². The number of hydrogen-bond donors (Lipinski definition) is 1. The lowest BCUT2D eigenvalue weighted by atomic mass is 10.00. The number of likely N-dealkylation sites (tertiary alicyclic amines) is 1. The van der Waals surface area contributed by atoms with Crippen molar-refractivity contribution < 1.29 is 0 Å². The summed E-state index contributed by atoms with van der Waals surface area (Å²) in [6, 6.07) is 6.08. The highest BCUT2D eigenvalue weighted by molar-refractivity contribution is 14.0. The van der Waals surface area contributed by atoms with E-state index >= 15 is 0 Å². The van der Waals surface area contributed by atoms with Crippen LogP contribution in [0.4, 0.5) is 0 Å². The highest BCUT2D eigenvalue weighted by Gasteiger charge is 2.18. The van der Waals surface area contributed by atoms with Crippen molar-refractivity contribution in [2.45, 2.75) is 33.1 Å². The Morgan fingerprint density at radius 2 is 2.12 bits per heavy atom. The maximum atomic E-state index is 4.81. The zero-order valence-corrected chi connectivity index (χ0v) is 16.9. The van der Waals surface area contributed by atoms with Crippen molar-refractivity contribution >= 4 is 35.6 Å². The zero-order valence-electron chi connectivity index (χ0n) is 14.6. The number of rotatable bonds is 4. The van der Waals surface area contributed by atoms with Gasteiger partial charge in [-0.1, -0.05) is 13.0 Å². The van der Waals surface area contributed by atoms with E-state index in [4.69, 9.17) is 4.99 Å². The first kappa shape index (κ1) is 19.0. The molecule has 0 radical (unpaired) electrons. The predicted molar refractivity (Wildman–Crippen MR) is 110 cm³/mol. The number of fused-ring (bicyclic) bond motifs is 1. The first-order valence-corrected chi connectivity index (χ1v) is 8.72. The van der Waals surface area contributed by atoms with Crippen molar-refractivity contribution in [2.75, 3.05) is 26.2 Å². The van der Waals surface area contributed by atoms with Crippen LogP contribution in [0.1, 0.15) is 32.4 Å². The van der Waals surface area contributed by atoms with Gasteiger partial charge >= 0.3 is 0 Å². The number of halogens is 1. The number of pyridine rings is 1. The van der Waals surface area contributed by atoms with Crippen LogP contribution in [-0.4, -0.2) is 46.4 Å². The smallest absolute Gasteiger partial charge is 0.193 e. The van der Waals surface area contributed by atoms with Crippen molar-refractivity contribution in [3.8, 4) is 0 Å². The van der Waals surface area contributed by atoms with Gasteiger partial charge in [0, 0.05) is 45.0 Å². The second-order valence-electron chi connectivity index (χ2n) is 6.35. The lowest BCUT2D eigenvalue weighted by molar-refractivity contribution is 0.273. The van der Waals surface area contributed by atoms with Gasteiger partial charge in [-0.2, -0.15) is 0 Å². The molecule has 1 saturated heterocycles. The Labute approximate surface area is 161 Å². The molecule has 3 heterocycles. The Kier molecular flexibility index (Phi) is 7.33. The fourth-order valence-electron chi connectivity index (χ4n) is 3.03. The van der Waals surface area contributed by atoms with Gasteiger partial charge in [0.1, 0.15) is 5.65 Å². The SMILES string of the molecule is CCNC(=NCCc1cn2ccccc2n1)N1CCC(C)CC1.I. The van der Waals surface area contributed by atoms with Crippen LogP contribution in [0.25, 0.3) is 5.65 Å². The first-order valence-electron chi connectivity index (χ1n) is 8.72. The average Bonchev–Trinajstić information content (AvgIpc) is 2.97. The van der Waals surface area contributed by atoms with Crippen LogP contribution in [0.15, 0.2) is 35.6 Å². The lowest BCUT2D eigenvalue weighted by Crippen LogP contribution is -2.45. The van der Waals surface area contributed by atoms with Crippen molar-refractivity contribution in [2.24, 2.45) is 10.9 Å². The van der Waals surface area contributed by atoms with Gasteiger partial charge in [0.15, 0.2) is 5.96 Å². The molecule has 1 N–H and O–H groups in total. The molecule has 24 heavy (non-hydrogen) atoms. The predicted octanol–water partition coefficient (Wildman–Crippen LogP) is 3.19. The summed E-state index contributed by atoms with van der Waals surface area (Å²) in [6.07, 6.45) is 7.53. The van der Waals surface area contributed by atoms with E-state index in [0.717, 1.165) is 55.8 Å². The molecule has 0 aromatic carbocycles. The molecule has 1 aliphatic heterocycles. The van der Waals surface area contributed by atoms with E-state index in [-0.39, 0.29) is 24.0 Å². The van der Waals surface area contributed by atoms with E-state index in [0.29, 0.717) is 0 Å². The van der Waals surface area contributed by atoms with Crippen LogP contribution in [-0.2, 0) is 6.42 Å². The molecule has 0 atom stereocenters. The maximum Gasteiger partial charge on any atom is 0.193 e. The molecule has 0 saturated carbocycles.